The Labute approximate surface area is 86.5 Å². The van der Waals surface area contributed by atoms with E-state index in [1.165, 1.54) is 9.80 Å². The third kappa shape index (κ3) is 2.22. The molecular formula is C7H12N2O4S. The van der Waals surface area contributed by atoms with E-state index in [9.17, 15) is 9.59 Å². The molecule has 1 fully saturated rings. The van der Waals surface area contributed by atoms with Crippen molar-refractivity contribution in [1.29, 1.82) is 0 Å². The van der Waals surface area contributed by atoms with Crippen molar-refractivity contribution >= 4 is 24.8 Å². The third-order valence-corrected chi connectivity index (χ3v) is 2.63. The van der Waals surface area contributed by atoms with E-state index in [1.54, 1.807) is 0 Å². The summed E-state index contributed by atoms with van der Waals surface area (Å²) in [4.78, 5) is 23.8. The van der Waals surface area contributed by atoms with Gasteiger partial charge in [-0.05, 0) is 0 Å². The van der Waals surface area contributed by atoms with E-state index < -0.39 is 12.2 Å². The van der Waals surface area contributed by atoms with Crippen LogP contribution in [-0.4, -0.2) is 63.6 Å². The first-order valence-electron chi connectivity index (χ1n) is 4.14. The van der Waals surface area contributed by atoms with E-state index in [0.717, 1.165) is 0 Å². The molecule has 1 unspecified atom stereocenters. The van der Waals surface area contributed by atoms with Gasteiger partial charge in [0.1, 0.15) is 0 Å². The van der Waals surface area contributed by atoms with Gasteiger partial charge in [-0.2, -0.15) is 12.6 Å². The topological polar surface area (TPSA) is 81.1 Å². The molecule has 7 heteroatoms. The second-order valence-corrected chi connectivity index (χ2v) is 3.41. The van der Waals surface area contributed by atoms with Gasteiger partial charge in [0.15, 0.2) is 0 Å². The number of thiol groups is 1. The molecule has 6 nitrogen and oxygen atoms in total. The zero-order chi connectivity index (χ0) is 10.7. The molecule has 0 radical (unpaired) electrons. The number of carbonyl (C=O) groups is 2. The lowest BCUT2D eigenvalue weighted by Gasteiger charge is -2.37. The van der Waals surface area contributed by atoms with Crippen molar-refractivity contribution in [2.24, 2.45) is 0 Å². The summed E-state index contributed by atoms with van der Waals surface area (Å²) in [5, 5.41) is 17.5. The molecule has 1 aliphatic heterocycles. The highest BCUT2D eigenvalue weighted by molar-refractivity contribution is 7.80. The molecular weight excluding hydrogens is 208 g/mol. The molecule has 14 heavy (non-hydrogen) atoms. The fourth-order valence-electron chi connectivity index (χ4n) is 1.44. The highest BCUT2D eigenvalue weighted by Crippen LogP contribution is 2.11. The number of nitrogens with zero attached hydrogens (tertiary/aromatic N) is 2. The first kappa shape index (κ1) is 11.0. The average Bonchev–Trinajstić information content (AvgIpc) is 2.16. The van der Waals surface area contributed by atoms with Gasteiger partial charge in [0, 0.05) is 25.4 Å². The Morgan fingerprint density at radius 3 is 2.36 bits per heavy atom. The van der Waals surface area contributed by atoms with Gasteiger partial charge in [0.2, 0.25) is 0 Å². The minimum absolute atomic E-state index is 0.200. The Morgan fingerprint density at radius 1 is 1.29 bits per heavy atom. The van der Waals surface area contributed by atoms with Crippen LogP contribution in [0.5, 0.6) is 0 Å². The van der Waals surface area contributed by atoms with E-state index in [0.29, 0.717) is 5.75 Å². The maximum Gasteiger partial charge on any atom is 0.407 e. The predicted octanol–water partition coefficient (Wildman–Crippen LogP) is 0.258. The molecule has 1 rings (SSSR count). The van der Waals surface area contributed by atoms with Crippen molar-refractivity contribution in [3.8, 4) is 0 Å². The largest absolute Gasteiger partial charge is 0.465 e. The van der Waals surface area contributed by atoms with Crippen molar-refractivity contribution in [2.45, 2.75) is 6.04 Å². The lowest BCUT2D eigenvalue weighted by atomic mass is 10.2. The second-order valence-electron chi connectivity index (χ2n) is 3.04. The normalized spacial score (nSPS) is 22.2. The van der Waals surface area contributed by atoms with Gasteiger partial charge < -0.3 is 20.0 Å². The molecule has 0 bridgehead atoms. The summed E-state index contributed by atoms with van der Waals surface area (Å²) >= 11 is 4.00. The monoisotopic (exact) mass is 220 g/mol. The highest BCUT2D eigenvalue weighted by Gasteiger charge is 2.31. The standard InChI is InChI=1S/C7H12N2O4S/c10-6(11)8-1-2-9(7(12)13)5(3-8)4-14/h5,14H,1-4H2,(H,10,11)(H,12,13). The summed E-state index contributed by atoms with van der Waals surface area (Å²) in [6.07, 6.45) is -2.03. The minimum atomic E-state index is -1.02. The van der Waals surface area contributed by atoms with Crippen LogP contribution < -0.4 is 0 Å². The van der Waals surface area contributed by atoms with Crippen molar-refractivity contribution < 1.29 is 19.8 Å². The lowest BCUT2D eigenvalue weighted by molar-refractivity contribution is 0.0707. The van der Waals surface area contributed by atoms with Crippen LogP contribution in [0.1, 0.15) is 0 Å². The fraction of sp³-hybridized carbons (Fsp3) is 0.714. The molecule has 1 aliphatic rings. The second kappa shape index (κ2) is 4.41. The fourth-order valence-corrected chi connectivity index (χ4v) is 1.75. The van der Waals surface area contributed by atoms with Gasteiger partial charge in [-0.15, -0.1) is 0 Å². The summed E-state index contributed by atoms with van der Waals surface area (Å²) in [6, 6.07) is -0.347. The average molecular weight is 220 g/mol. The highest BCUT2D eigenvalue weighted by atomic mass is 32.1. The summed E-state index contributed by atoms with van der Waals surface area (Å²) in [5.41, 5.74) is 0. The van der Waals surface area contributed by atoms with Gasteiger partial charge in [-0.3, -0.25) is 0 Å². The molecule has 0 spiro atoms. The van der Waals surface area contributed by atoms with Crippen LogP contribution in [-0.2, 0) is 0 Å². The molecule has 80 valence electrons. The van der Waals surface area contributed by atoms with Crippen LogP contribution in [0.3, 0.4) is 0 Å². The molecule has 2 amide bonds. The number of rotatable bonds is 1. The summed E-state index contributed by atoms with van der Waals surface area (Å²) in [7, 11) is 0. The molecule has 2 N–H and O–H groups in total. The minimum Gasteiger partial charge on any atom is -0.465 e. The lowest BCUT2D eigenvalue weighted by Crippen LogP contribution is -2.56. The summed E-state index contributed by atoms with van der Waals surface area (Å²) in [6.45, 7) is 0.643. The summed E-state index contributed by atoms with van der Waals surface area (Å²) < 4.78 is 0. The van der Waals surface area contributed by atoms with Crippen LogP contribution in [0.15, 0.2) is 0 Å². The SMILES string of the molecule is O=C(O)N1CCN(C(=O)O)C(CS)C1. The maximum absolute atomic E-state index is 10.7. The molecule has 0 aromatic rings. The number of carboxylic acid groups (broad SMARTS) is 2. The van der Waals surface area contributed by atoms with Gasteiger partial charge in [0.25, 0.3) is 0 Å². The predicted molar refractivity (Wildman–Crippen MR) is 52.0 cm³/mol. The molecule has 1 saturated heterocycles. The van der Waals surface area contributed by atoms with Crippen molar-refractivity contribution in [3.63, 3.8) is 0 Å². The summed E-state index contributed by atoms with van der Waals surface area (Å²) in [5.74, 6) is 0.329. The Kier molecular flexibility index (Phi) is 3.45. The van der Waals surface area contributed by atoms with E-state index in [2.05, 4.69) is 12.6 Å². The first-order chi connectivity index (χ1) is 6.56. The van der Waals surface area contributed by atoms with Gasteiger partial charge in [0.05, 0.1) is 6.04 Å². The molecule has 1 heterocycles. The first-order valence-corrected chi connectivity index (χ1v) is 4.77. The van der Waals surface area contributed by atoms with E-state index >= 15 is 0 Å². The number of piperazine rings is 1. The van der Waals surface area contributed by atoms with Crippen LogP contribution in [0.25, 0.3) is 0 Å². The van der Waals surface area contributed by atoms with E-state index in [4.69, 9.17) is 10.2 Å². The quantitative estimate of drug-likeness (QED) is 0.554. The molecule has 0 saturated carbocycles. The third-order valence-electron chi connectivity index (χ3n) is 2.21. The van der Waals surface area contributed by atoms with Crippen LogP contribution in [0.4, 0.5) is 9.59 Å². The molecule has 0 aromatic heterocycles. The molecule has 0 aliphatic carbocycles. The van der Waals surface area contributed by atoms with Gasteiger partial charge in [-0.25, -0.2) is 9.59 Å². The Balaban J connectivity index is 2.63. The zero-order valence-corrected chi connectivity index (χ0v) is 8.35. The van der Waals surface area contributed by atoms with Crippen molar-refractivity contribution in [2.75, 3.05) is 25.4 Å². The van der Waals surface area contributed by atoms with Crippen molar-refractivity contribution in [1.82, 2.24) is 9.80 Å². The Bertz CT molecular complexity index is 248. The van der Waals surface area contributed by atoms with E-state index in [1.807, 2.05) is 0 Å². The van der Waals surface area contributed by atoms with Crippen LogP contribution in [0.2, 0.25) is 0 Å². The van der Waals surface area contributed by atoms with E-state index in [-0.39, 0.29) is 25.7 Å². The Hall–Kier alpha value is -1.11. The van der Waals surface area contributed by atoms with Gasteiger partial charge >= 0.3 is 12.2 Å². The number of hydrogen-bond donors (Lipinski definition) is 3. The van der Waals surface area contributed by atoms with Gasteiger partial charge in [-0.1, -0.05) is 0 Å². The number of hydrogen-bond acceptors (Lipinski definition) is 3. The van der Waals surface area contributed by atoms with Crippen molar-refractivity contribution in [3.05, 3.63) is 0 Å². The molecule has 1 atom stereocenters. The van der Waals surface area contributed by atoms with Crippen LogP contribution in [0, 0.1) is 0 Å². The molecule has 0 aromatic carbocycles. The Morgan fingerprint density at radius 2 is 1.93 bits per heavy atom. The van der Waals surface area contributed by atoms with Crippen LogP contribution >= 0.6 is 12.6 Å². The number of amides is 2. The maximum atomic E-state index is 10.7. The zero-order valence-electron chi connectivity index (χ0n) is 7.46. The smallest absolute Gasteiger partial charge is 0.407 e.